The average molecular weight is 299 g/mol. The second-order valence-corrected chi connectivity index (χ2v) is 5.67. The third-order valence-electron chi connectivity index (χ3n) is 3.03. The molecule has 1 aromatic carbocycles. The van der Waals surface area contributed by atoms with E-state index in [9.17, 15) is 0 Å². The molecule has 5 heteroatoms. The van der Waals surface area contributed by atoms with E-state index in [1.54, 1.807) is 18.0 Å². The quantitative estimate of drug-likeness (QED) is 0.686. The first kappa shape index (κ1) is 13.9. The van der Waals surface area contributed by atoms with Crippen molar-refractivity contribution in [2.75, 3.05) is 11.9 Å². The first-order valence-corrected chi connectivity index (χ1v) is 8.00. The second-order valence-electron chi connectivity index (χ2n) is 4.74. The Morgan fingerprint density at radius 2 is 2.24 bits per heavy atom. The van der Waals surface area contributed by atoms with Gasteiger partial charge in [-0.05, 0) is 36.2 Å². The van der Waals surface area contributed by atoms with E-state index >= 15 is 0 Å². The van der Waals surface area contributed by atoms with Crippen LogP contribution in [0.15, 0.2) is 52.4 Å². The van der Waals surface area contributed by atoms with E-state index in [2.05, 4.69) is 28.3 Å². The van der Waals surface area contributed by atoms with E-state index in [1.165, 1.54) is 0 Å². The molecule has 2 heterocycles. The Hall–Kier alpha value is -2.01. The van der Waals surface area contributed by atoms with Crippen molar-refractivity contribution >= 4 is 28.5 Å². The highest BCUT2D eigenvalue weighted by atomic mass is 32.2. The summed E-state index contributed by atoms with van der Waals surface area (Å²) in [6, 6.07) is 10.0. The third-order valence-corrected chi connectivity index (χ3v) is 3.93. The minimum atomic E-state index is 0.696. The number of anilines is 1. The number of rotatable bonds is 6. The molecule has 0 bridgehead atoms. The average Bonchev–Trinajstić information content (AvgIpc) is 2.94. The number of benzene rings is 1. The molecule has 0 aliphatic carbocycles. The molecule has 3 aromatic rings. The Bertz CT molecular complexity index is 712. The fourth-order valence-electron chi connectivity index (χ4n) is 1.98. The molecule has 0 saturated heterocycles. The van der Waals surface area contributed by atoms with E-state index in [-0.39, 0.29) is 0 Å². The molecule has 0 unspecified atom stereocenters. The van der Waals surface area contributed by atoms with Gasteiger partial charge in [-0.2, -0.15) is 0 Å². The van der Waals surface area contributed by atoms with E-state index < -0.39 is 0 Å². The van der Waals surface area contributed by atoms with Crippen LogP contribution in [0.4, 0.5) is 5.69 Å². The van der Waals surface area contributed by atoms with Crippen LogP contribution in [0, 0.1) is 0 Å². The lowest BCUT2D eigenvalue weighted by Gasteiger charge is -2.02. The minimum Gasteiger partial charge on any atom is -0.431 e. The third kappa shape index (κ3) is 3.55. The lowest BCUT2D eigenvalue weighted by atomic mass is 10.3. The van der Waals surface area contributed by atoms with Crippen molar-refractivity contribution in [2.24, 2.45) is 0 Å². The van der Waals surface area contributed by atoms with Crippen LogP contribution in [0.3, 0.4) is 0 Å². The van der Waals surface area contributed by atoms with Gasteiger partial charge in [-0.3, -0.25) is 4.98 Å². The van der Waals surface area contributed by atoms with Crippen molar-refractivity contribution < 1.29 is 4.42 Å². The van der Waals surface area contributed by atoms with Crippen molar-refractivity contribution in [2.45, 2.75) is 24.3 Å². The van der Waals surface area contributed by atoms with E-state index in [4.69, 9.17) is 4.42 Å². The van der Waals surface area contributed by atoms with E-state index in [1.807, 2.05) is 30.5 Å². The summed E-state index contributed by atoms with van der Waals surface area (Å²) >= 11 is 1.58. The second kappa shape index (κ2) is 6.63. The van der Waals surface area contributed by atoms with E-state index in [0.29, 0.717) is 5.22 Å². The van der Waals surface area contributed by atoms with Gasteiger partial charge in [-0.25, -0.2) is 4.98 Å². The summed E-state index contributed by atoms with van der Waals surface area (Å²) < 4.78 is 5.75. The maximum absolute atomic E-state index is 5.75. The van der Waals surface area contributed by atoms with Crippen LogP contribution in [0.2, 0.25) is 0 Å². The zero-order valence-corrected chi connectivity index (χ0v) is 12.7. The number of hydrogen-bond acceptors (Lipinski definition) is 5. The van der Waals surface area contributed by atoms with Crippen molar-refractivity contribution in [3.8, 4) is 0 Å². The molecule has 4 nitrogen and oxygen atoms in total. The van der Waals surface area contributed by atoms with Crippen LogP contribution in [-0.2, 0) is 5.75 Å². The van der Waals surface area contributed by atoms with Gasteiger partial charge in [0.05, 0.1) is 0 Å². The van der Waals surface area contributed by atoms with Crippen LogP contribution in [0.1, 0.15) is 18.9 Å². The van der Waals surface area contributed by atoms with Crippen LogP contribution < -0.4 is 5.32 Å². The Morgan fingerprint density at radius 3 is 3.05 bits per heavy atom. The summed E-state index contributed by atoms with van der Waals surface area (Å²) in [4.78, 5) is 8.64. The van der Waals surface area contributed by atoms with Crippen LogP contribution in [-0.4, -0.2) is 16.5 Å². The van der Waals surface area contributed by atoms with Crippen molar-refractivity contribution in [1.29, 1.82) is 0 Å². The van der Waals surface area contributed by atoms with Gasteiger partial charge in [0.1, 0.15) is 5.52 Å². The van der Waals surface area contributed by atoms with Gasteiger partial charge in [-0.15, -0.1) is 0 Å². The molecule has 0 amide bonds. The van der Waals surface area contributed by atoms with Crippen LogP contribution >= 0.6 is 11.8 Å². The van der Waals surface area contributed by atoms with E-state index in [0.717, 1.165) is 41.1 Å². The summed E-state index contributed by atoms with van der Waals surface area (Å²) in [5.74, 6) is 0.807. The molecule has 0 radical (unpaired) electrons. The molecule has 0 fully saturated rings. The Morgan fingerprint density at radius 1 is 1.29 bits per heavy atom. The maximum Gasteiger partial charge on any atom is 0.257 e. The Balaban J connectivity index is 1.71. The molecule has 21 heavy (non-hydrogen) atoms. The zero-order chi connectivity index (χ0) is 14.5. The molecule has 0 atom stereocenters. The minimum absolute atomic E-state index is 0.696. The summed E-state index contributed by atoms with van der Waals surface area (Å²) in [6.45, 7) is 3.11. The van der Waals surface area contributed by atoms with Gasteiger partial charge in [-0.1, -0.05) is 24.8 Å². The smallest absolute Gasteiger partial charge is 0.257 e. The van der Waals surface area contributed by atoms with Crippen molar-refractivity contribution in [1.82, 2.24) is 9.97 Å². The SMILES string of the molecule is CCCNc1ccc2oc(SCc3cccnc3)nc2c1. The van der Waals surface area contributed by atoms with Gasteiger partial charge in [0.15, 0.2) is 5.58 Å². The number of pyridine rings is 1. The first-order valence-electron chi connectivity index (χ1n) is 7.01. The van der Waals surface area contributed by atoms with Crippen LogP contribution in [0.25, 0.3) is 11.1 Å². The number of thioether (sulfide) groups is 1. The number of hydrogen-bond donors (Lipinski definition) is 1. The molecular weight excluding hydrogens is 282 g/mol. The fourth-order valence-corrected chi connectivity index (χ4v) is 2.75. The predicted molar refractivity (Wildman–Crippen MR) is 86.6 cm³/mol. The van der Waals surface area contributed by atoms with Gasteiger partial charge in [0.25, 0.3) is 5.22 Å². The Kier molecular flexibility index (Phi) is 4.40. The molecule has 0 spiro atoms. The van der Waals surface area contributed by atoms with Crippen LogP contribution in [0.5, 0.6) is 0 Å². The summed E-state index contributed by atoms with van der Waals surface area (Å²) in [5, 5.41) is 4.05. The highest BCUT2D eigenvalue weighted by Crippen LogP contribution is 2.27. The van der Waals surface area contributed by atoms with Crippen molar-refractivity contribution in [3.63, 3.8) is 0 Å². The van der Waals surface area contributed by atoms with Gasteiger partial charge >= 0.3 is 0 Å². The number of nitrogens with zero attached hydrogens (tertiary/aromatic N) is 2. The number of oxazole rings is 1. The molecule has 2 aromatic heterocycles. The Labute approximate surface area is 128 Å². The molecule has 0 aliphatic heterocycles. The zero-order valence-electron chi connectivity index (χ0n) is 11.9. The lowest BCUT2D eigenvalue weighted by molar-refractivity contribution is 0.489. The summed E-state index contributed by atoms with van der Waals surface area (Å²) in [7, 11) is 0. The molecule has 108 valence electrons. The largest absolute Gasteiger partial charge is 0.431 e. The van der Waals surface area contributed by atoms with Gasteiger partial charge in [0, 0.05) is 30.4 Å². The number of aromatic nitrogens is 2. The maximum atomic E-state index is 5.75. The summed E-state index contributed by atoms with van der Waals surface area (Å²) in [5.41, 5.74) is 3.96. The monoisotopic (exact) mass is 299 g/mol. The molecular formula is C16H17N3OS. The molecule has 1 N–H and O–H groups in total. The normalized spacial score (nSPS) is 10.9. The van der Waals surface area contributed by atoms with Gasteiger partial charge in [0.2, 0.25) is 0 Å². The standard InChI is InChI=1S/C16H17N3OS/c1-2-7-18-13-5-6-15-14(9-13)19-16(20-15)21-11-12-4-3-8-17-10-12/h3-6,8-10,18H,2,7,11H2,1H3. The number of nitrogens with one attached hydrogen (secondary N) is 1. The molecule has 0 saturated carbocycles. The molecule has 3 rings (SSSR count). The predicted octanol–water partition coefficient (Wildman–Crippen LogP) is 4.34. The van der Waals surface area contributed by atoms with Crippen molar-refractivity contribution in [3.05, 3.63) is 48.3 Å². The van der Waals surface area contributed by atoms with Gasteiger partial charge < -0.3 is 9.73 Å². The highest BCUT2D eigenvalue weighted by Gasteiger charge is 2.07. The molecule has 0 aliphatic rings. The summed E-state index contributed by atoms with van der Waals surface area (Å²) in [6.07, 6.45) is 4.74. The fraction of sp³-hybridized carbons (Fsp3) is 0.250. The topological polar surface area (TPSA) is 51.0 Å². The first-order chi connectivity index (χ1) is 10.3. The number of fused-ring (bicyclic) bond motifs is 1. The lowest BCUT2D eigenvalue weighted by Crippen LogP contribution is -1.98. The highest BCUT2D eigenvalue weighted by molar-refractivity contribution is 7.98.